The molecule has 0 aliphatic rings. The lowest BCUT2D eigenvalue weighted by Crippen LogP contribution is -2.13. The van der Waals surface area contributed by atoms with Gasteiger partial charge in [0.15, 0.2) is 0 Å². The van der Waals surface area contributed by atoms with Crippen molar-refractivity contribution in [2.24, 2.45) is 0 Å². The van der Waals surface area contributed by atoms with Gasteiger partial charge in [0.2, 0.25) is 5.95 Å². The van der Waals surface area contributed by atoms with Crippen LogP contribution in [0.1, 0.15) is 27.0 Å². The van der Waals surface area contributed by atoms with Gasteiger partial charge in [-0.25, -0.2) is 9.97 Å². The van der Waals surface area contributed by atoms with Crippen LogP contribution >= 0.6 is 0 Å². The maximum absolute atomic E-state index is 13.1. The quantitative estimate of drug-likeness (QED) is 0.230. The van der Waals surface area contributed by atoms with E-state index in [-0.39, 0.29) is 22.9 Å². The molecule has 1 amide bonds. The number of hydrogen-bond donors (Lipinski definition) is 3. The number of amides is 1. The summed E-state index contributed by atoms with van der Waals surface area (Å²) in [6, 6.07) is 18.6. The number of rotatable bonds is 4. The third kappa shape index (κ3) is 4.98. The number of anilines is 2. The third-order valence-corrected chi connectivity index (χ3v) is 6.52. The highest BCUT2D eigenvalue weighted by Gasteiger charge is 2.30. The van der Waals surface area contributed by atoms with Gasteiger partial charge in [0, 0.05) is 28.4 Å². The van der Waals surface area contributed by atoms with Crippen molar-refractivity contribution in [1.29, 1.82) is 0 Å². The number of carbonyl (C=O) groups is 1. The van der Waals surface area contributed by atoms with Gasteiger partial charge in [0.1, 0.15) is 5.75 Å². The van der Waals surface area contributed by atoms with Gasteiger partial charge in [-0.15, -0.1) is 0 Å². The van der Waals surface area contributed by atoms with Crippen molar-refractivity contribution in [2.75, 3.05) is 11.1 Å². The predicted molar refractivity (Wildman–Crippen MR) is 145 cm³/mol. The number of nitrogen functional groups attached to an aromatic ring is 1. The molecule has 1 aromatic heterocycles. The molecule has 0 bridgehead atoms. The van der Waals surface area contributed by atoms with Gasteiger partial charge in [-0.1, -0.05) is 36.4 Å². The zero-order valence-corrected chi connectivity index (χ0v) is 21.0. The summed E-state index contributed by atoms with van der Waals surface area (Å²) in [4.78, 5) is 21.5. The molecule has 9 heteroatoms. The number of phenolic OH excluding ortho intramolecular Hbond substituents is 1. The number of hydrogen-bond acceptors (Lipinski definition) is 5. The van der Waals surface area contributed by atoms with Crippen LogP contribution in [-0.2, 0) is 6.18 Å². The fraction of sp³-hybridized carbons (Fsp3) is 0.100. The fourth-order valence-electron chi connectivity index (χ4n) is 4.53. The molecule has 0 radical (unpaired) electrons. The third-order valence-electron chi connectivity index (χ3n) is 6.52. The smallest absolute Gasteiger partial charge is 0.416 e. The summed E-state index contributed by atoms with van der Waals surface area (Å²) in [6.07, 6.45) is -2.96. The van der Waals surface area contributed by atoms with Crippen LogP contribution in [0.4, 0.5) is 24.8 Å². The first kappa shape index (κ1) is 25.7. The number of aromatic hydroxyl groups is 1. The normalized spacial score (nSPS) is 11.5. The van der Waals surface area contributed by atoms with Crippen molar-refractivity contribution < 1.29 is 23.1 Å². The van der Waals surface area contributed by atoms with Crippen molar-refractivity contribution in [3.63, 3.8) is 0 Å². The van der Waals surface area contributed by atoms with E-state index in [4.69, 9.17) is 5.73 Å². The van der Waals surface area contributed by atoms with Gasteiger partial charge < -0.3 is 16.2 Å². The second-order valence-electron chi connectivity index (χ2n) is 9.19. The van der Waals surface area contributed by atoms with E-state index < -0.39 is 17.6 Å². The molecule has 4 N–H and O–H groups in total. The fourth-order valence-corrected chi connectivity index (χ4v) is 4.53. The first-order chi connectivity index (χ1) is 18.5. The van der Waals surface area contributed by atoms with Gasteiger partial charge in [-0.3, -0.25) is 4.79 Å². The Balaban J connectivity index is 1.62. The first-order valence-corrected chi connectivity index (χ1v) is 12.0. The molecule has 5 rings (SSSR count). The SMILES string of the molecule is Cc1ccc(C(=O)Nc2cccc(C(F)(F)F)c2)cc1-c1cc2cnc(N)nc2c(-c2ccccc2C)c1O. The van der Waals surface area contributed by atoms with Crippen LogP contribution in [0, 0.1) is 13.8 Å². The maximum atomic E-state index is 13.1. The first-order valence-electron chi connectivity index (χ1n) is 12.0. The Morgan fingerprint density at radius 3 is 2.38 bits per heavy atom. The summed E-state index contributed by atoms with van der Waals surface area (Å²) in [5.41, 5.74) is 9.65. The molecular weight excluding hydrogens is 505 g/mol. The summed E-state index contributed by atoms with van der Waals surface area (Å²) < 4.78 is 39.3. The van der Waals surface area contributed by atoms with Crippen LogP contribution in [0.25, 0.3) is 33.2 Å². The Labute approximate surface area is 222 Å². The molecule has 0 saturated carbocycles. The van der Waals surface area contributed by atoms with E-state index in [1.165, 1.54) is 12.1 Å². The largest absolute Gasteiger partial charge is 0.507 e. The summed E-state index contributed by atoms with van der Waals surface area (Å²) in [5.74, 6) is -0.576. The van der Waals surface area contributed by atoms with Crippen molar-refractivity contribution in [3.8, 4) is 28.0 Å². The number of aryl methyl sites for hydroxylation is 2. The molecule has 6 nitrogen and oxygen atoms in total. The number of nitrogens with zero attached hydrogens (tertiary/aromatic N) is 2. The molecule has 0 unspecified atom stereocenters. The Bertz CT molecular complexity index is 1750. The van der Waals surface area contributed by atoms with Gasteiger partial charge in [-0.2, -0.15) is 13.2 Å². The molecule has 4 aromatic carbocycles. The molecule has 39 heavy (non-hydrogen) atoms. The van der Waals surface area contributed by atoms with Crippen molar-refractivity contribution in [2.45, 2.75) is 20.0 Å². The number of nitrogens with two attached hydrogens (primary N) is 1. The van der Waals surface area contributed by atoms with Crippen LogP contribution in [-0.4, -0.2) is 21.0 Å². The van der Waals surface area contributed by atoms with Gasteiger partial charge in [-0.05, 0) is 72.5 Å². The highest BCUT2D eigenvalue weighted by atomic mass is 19.4. The van der Waals surface area contributed by atoms with Crippen molar-refractivity contribution >= 4 is 28.4 Å². The highest BCUT2D eigenvalue weighted by Crippen LogP contribution is 2.44. The Morgan fingerprint density at radius 1 is 0.897 bits per heavy atom. The minimum absolute atomic E-state index is 0.0158. The molecule has 0 spiro atoms. The van der Waals surface area contributed by atoms with E-state index in [0.29, 0.717) is 27.6 Å². The monoisotopic (exact) mass is 528 g/mol. The number of aromatic nitrogens is 2. The second kappa shape index (κ2) is 9.75. The zero-order chi connectivity index (χ0) is 27.9. The van der Waals surface area contributed by atoms with Gasteiger partial charge in [0.05, 0.1) is 16.6 Å². The molecule has 0 fully saturated rings. The molecule has 0 saturated heterocycles. The minimum atomic E-state index is -4.53. The maximum Gasteiger partial charge on any atom is 0.416 e. The number of halogens is 3. The summed E-state index contributed by atoms with van der Waals surface area (Å²) in [6.45, 7) is 3.75. The molecule has 5 aromatic rings. The number of nitrogens with one attached hydrogen (secondary N) is 1. The van der Waals surface area contributed by atoms with E-state index in [0.717, 1.165) is 28.8 Å². The van der Waals surface area contributed by atoms with Crippen molar-refractivity contribution in [1.82, 2.24) is 9.97 Å². The number of carbonyl (C=O) groups excluding carboxylic acids is 1. The van der Waals surface area contributed by atoms with E-state index in [2.05, 4.69) is 15.3 Å². The number of phenols is 1. The molecule has 0 atom stereocenters. The van der Waals surface area contributed by atoms with Crippen LogP contribution in [0.5, 0.6) is 5.75 Å². The minimum Gasteiger partial charge on any atom is -0.507 e. The van der Waals surface area contributed by atoms with Gasteiger partial charge in [0.25, 0.3) is 5.91 Å². The van der Waals surface area contributed by atoms with E-state index in [1.54, 1.807) is 30.5 Å². The van der Waals surface area contributed by atoms with E-state index in [1.807, 2.05) is 38.1 Å². The number of alkyl halides is 3. The summed E-state index contributed by atoms with van der Waals surface area (Å²) >= 11 is 0. The highest BCUT2D eigenvalue weighted by molar-refractivity contribution is 6.07. The Hall–Kier alpha value is -4.92. The van der Waals surface area contributed by atoms with Crippen LogP contribution in [0.3, 0.4) is 0 Å². The van der Waals surface area contributed by atoms with Crippen LogP contribution < -0.4 is 11.1 Å². The Kier molecular flexibility index (Phi) is 6.43. The molecule has 196 valence electrons. The van der Waals surface area contributed by atoms with Crippen LogP contribution in [0.15, 0.2) is 79.0 Å². The lowest BCUT2D eigenvalue weighted by molar-refractivity contribution is -0.137. The van der Waals surface area contributed by atoms with E-state index in [9.17, 15) is 23.1 Å². The molecule has 0 aliphatic heterocycles. The second-order valence-corrected chi connectivity index (χ2v) is 9.19. The topological polar surface area (TPSA) is 101 Å². The van der Waals surface area contributed by atoms with Crippen LogP contribution in [0.2, 0.25) is 0 Å². The number of benzene rings is 4. The number of fused-ring (bicyclic) bond motifs is 1. The standard InChI is InChI=1S/C30H23F3N4O2/c1-16-6-3-4-9-22(16)25-26-19(15-35-29(34)37-26)13-24(27(25)38)23-12-18(11-10-17(23)2)28(39)36-21-8-5-7-20(14-21)30(31,32)33/h3-15,38H,1-2H3,(H,36,39)(H2,34,35,37). The lowest BCUT2D eigenvalue weighted by Gasteiger charge is -2.17. The Morgan fingerprint density at radius 2 is 1.64 bits per heavy atom. The van der Waals surface area contributed by atoms with Gasteiger partial charge >= 0.3 is 6.18 Å². The zero-order valence-electron chi connectivity index (χ0n) is 21.0. The lowest BCUT2D eigenvalue weighted by atomic mass is 9.90. The summed E-state index contributed by atoms with van der Waals surface area (Å²) in [7, 11) is 0. The average Bonchev–Trinajstić information content (AvgIpc) is 2.89. The predicted octanol–water partition coefficient (Wildman–Crippen LogP) is 7.14. The summed E-state index contributed by atoms with van der Waals surface area (Å²) in [5, 5.41) is 14.8. The molecule has 0 aliphatic carbocycles. The molecule has 1 heterocycles. The van der Waals surface area contributed by atoms with Crippen molar-refractivity contribution in [3.05, 3.63) is 101 Å². The average molecular weight is 529 g/mol. The van der Waals surface area contributed by atoms with E-state index >= 15 is 0 Å². The molecular formula is C30H23F3N4O2.